The van der Waals surface area contributed by atoms with Gasteiger partial charge in [0.2, 0.25) is 0 Å². The Balaban J connectivity index is 1.39. The van der Waals surface area contributed by atoms with Crippen molar-refractivity contribution < 1.29 is 4.79 Å². The molecule has 0 bridgehead atoms. The van der Waals surface area contributed by atoms with Crippen molar-refractivity contribution in [3.05, 3.63) is 106 Å². The lowest BCUT2D eigenvalue weighted by Crippen LogP contribution is -2.48. The highest BCUT2D eigenvalue weighted by Crippen LogP contribution is 2.43. The molecule has 0 radical (unpaired) electrons. The summed E-state index contributed by atoms with van der Waals surface area (Å²) < 4.78 is 2.39. The minimum Gasteiger partial charge on any atom is -0.356 e. The Morgan fingerprint density at radius 3 is 2.51 bits per heavy atom. The topological polar surface area (TPSA) is 37.3 Å². The van der Waals surface area contributed by atoms with E-state index in [2.05, 4.69) is 102 Å². The SMILES string of the molecule is Cc1cccc(Cn2c(C)c(/C=C3\SC(Nc4ccccc4)N([C@@H]4CCCC[C@@H]4C)C3=O)c3ccccc32)c1. The number of para-hydroxylation sites is 2. The first-order chi connectivity index (χ1) is 19.0. The van der Waals surface area contributed by atoms with Crippen LogP contribution in [-0.4, -0.2) is 26.9 Å². The maximum Gasteiger partial charge on any atom is 0.262 e. The minimum atomic E-state index is -0.113. The van der Waals surface area contributed by atoms with E-state index in [-0.39, 0.29) is 17.4 Å². The summed E-state index contributed by atoms with van der Waals surface area (Å²) in [6.45, 7) is 7.45. The molecule has 1 unspecified atom stereocenters. The second-order valence-corrected chi connectivity index (χ2v) is 12.2. The third-order valence-electron chi connectivity index (χ3n) is 8.40. The monoisotopic (exact) mass is 535 g/mol. The van der Waals surface area contributed by atoms with Crippen molar-refractivity contribution in [2.24, 2.45) is 5.92 Å². The Kier molecular flexibility index (Phi) is 7.26. The predicted octanol–water partition coefficient (Wildman–Crippen LogP) is 8.20. The van der Waals surface area contributed by atoms with Crippen molar-refractivity contribution in [2.75, 3.05) is 5.32 Å². The Morgan fingerprint density at radius 2 is 1.72 bits per heavy atom. The Morgan fingerprint density at radius 1 is 0.949 bits per heavy atom. The third kappa shape index (κ3) is 5.12. The van der Waals surface area contributed by atoms with E-state index in [1.165, 1.54) is 47.0 Å². The molecule has 4 aromatic rings. The number of hydrogen-bond donors (Lipinski definition) is 1. The Bertz CT molecular complexity index is 1520. The summed E-state index contributed by atoms with van der Waals surface area (Å²) in [5, 5.41) is 4.87. The first-order valence-electron chi connectivity index (χ1n) is 14.2. The van der Waals surface area contributed by atoms with Crippen LogP contribution in [-0.2, 0) is 11.3 Å². The van der Waals surface area contributed by atoms with E-state index >= 15 is 0 Å². The van der Waals surface area contributed by atoms with Crippen LogP contribution >= 0.6 is 11.8 Å². The number of fused-ring (bicyclic) bond motifs is 1. The second kappa shape index (κ2) is 11.0. The second-order valence-electron chi connectivity index (χ2n) is 11.1. The van der Waals surface area contributed by atoms with Gasteiger partial charge in [0.25, 0.3) is 5.91 Å². The van der Waals surface area contributed by atoms with Gasteiger partial charge in [-0.1, -0.05) is 97.8 Å². The van der Waals surface area contributed by atoms with Crippen LogP contribution in [0.1, 0.15) is 55.0 Å². The predicted molar refractivity (Wildman–Crippen MR) is 165 cm³/mol. The van der Waals surface area contributed by atoms with Gasteiger partial charge in [0.15, 0.2) is 5.50 Å². The standard InChI is InChI=1S/C34H37N3OS/c1-23-12-11-14-26(20-23)22-36-25(3)29(28-17-8-10-19-31(28)36)21-32-33(38)37(30-18-9-7-13-24(30)2)34(39-32)35-27-15-5-4-6-16-27/h4-6,8,10-12,14-17,19-21,24,30,34-35H,7,9,13,18,22H2,1-3H3/b32-21-/t24-,30+,34?/m0/s1. The Hall–Kier alpha value is -3.44. The molecule has 2 fully saturated rings. The van der Waals surface area contributed by atoms with E-state index in [0.29, 0.717) is 5.92 Å². The summed E-state index contributed by atoms with van der Waals surface area (Å²) >= 11 is 1.66. The van der Waals surface area contributed by atoms with Crippen molar-refractivity contribution >= 4 is 40.3 Å². The fraction of sp³-hybridized carbons (Fsp3) is 0.324. The summed E-state index contributed by atoms with van der Waals surface area (Å²) in [5.74, 6) is 0.655. The first-order valence-corrected chi connectivity index (χ1v) is 15.0. The molecule has 1 aromatic heterocycles. The number of anilines is 1. The fourth-order valence-electron chi connectivity index (χ4n) is 6.34. The number of nitrogens with zero attached hydrogens (tertiary/aromatic N) is 2. The lowest BCUT2D eigenvalue weighted by atomic mass is 9.85. The summed E-state index contributed by atoms with van der Waals surface area (Å²) in [4.78, 5) is 17.1. The summed E-state index contributed by atoms with van der Waals surface area (Å²) in [6, 6.07) is 27.8. The molecule has 1 N–H and O–H groups in total. The van der Waals surface area contributed by atoms with E-state index in [1.54, 1.807) is 11.8 Å². The van der Waals surface area contributed by atoms with Crippen LogP contribution in [0.5, 0.6) is 0 Å². The molecule has 5 heteroatoms. The molecule has 1 aliphatic carbocycles. The number of nitrogens with one attached hydrogen (secondary N) is 1. The summed E-state index contributed by atoms with van der Waals surface area (Å²) in [5.41, 5.74) is 7.03. The maximum atomic E-state index is 14.1. The van der Waals surface area contributed by atoms with Gasteiger partial charge in [-0.2, -0.15) is 0 Å². The van der Waals surface area contributed by atoms with Gasteiger partial charge >= 0.3 is 0 Å². The van der Waals surface area contributed by atoms with Gasteiger partial charge in [-0.05, 0) is 62.4 Å². The van der Waals surface area contributed by atoms with Crippen LogP contribution in [0.2, 0.25) is 0 Å². The molecule has 1 amide bonds. The van der Waals surface area contributed by atoms with Gasteiger partial charge in [0, 0.05) is 40.4 Å². The van der Waals surface area contributed by atoms with Gasteiger partial charge in [-0.3, -0.25) is 4.79 Å². The largest absolute Gasteiger partial charge is 0.356 e. The highest BCUT2D eigenvalue weighted by molar-refractivity contribution is 8.05. The van der Waals surface area contributed by atoms with E-state index in [1.807, 2.05) is 18.2 Å². The molecular formula is C34H37N3OS. The van der Waals surface area contributed by atoms with E-state index in [4.69, 9.17) is 0 Å². The van der Waals surface area contributed by atoms with Crippen molar-refractivity contribution in [1.29, 1.82) is 0 Å². The molecule has 4 nitrogen and oxygen atoms in total. The van der Waals surface area contributed by atoms with Gasteiger partial charge < -0.3 is 14.8 Å². The normalized spacial score (nSPS) is 22.6. The average Bonchev–Trinajstić information content (AvgIpc) is 3.38. The van der Waals surface area contributed by atoms with Gasteiger partial charge in [0.1, 0.15) is 0 Å². The number of thioether (sulfide) groups is 1. The van der Waals surface area contributed by atoms with Gasteiger partial charge in [-0.25, -0.2) is 0 Å². The van der Waals surface area contributed by atoms with Crippen molar-refractivity contribution in [2.45, 2.75) is 64.5 Å². The van der Waals surface area contributed by atoms with E-state index < -0.39 is 0 Å². The van der Waals surface area contributed by atoms with Crippen molar-refractivity contribution in [1.82, 2.24) is 9.47 Å². The number of carbonyl (C=O) groups is 1. The number of aryl methyl sites for hydroxylation is 1. The zero-order valence-electron chi connectivity index (χ0n) is 23.1. The molecule has 1 aliphatic heterocycles. The number of carbonyl (C=O) groups excluding carboxylic acids is 1. The number of hydrogen-bond acceptors (Lipinski definition) is 3. The zero-order chi connectivity index (χ0) is 26.9. The number of rotatable bonds is 6. The Labute approximate surface area is 236 Å². The molecule has 200 valence electrons. The van der Waals surface area contributed by atoms with E-state index in [9.17, 15) is 4.79 Å². The first kappa shape index (κ1) is 25.8. The molecular weight excluding hydrogens is 498 g/mol. The van der Waals surface area contributed by atoms with Gasteiger partial charge in [-0.15, -0.1) is 0 Å². The minimum absolute atomic E-state index is 0.113. The highest BCUT2D eigenvalue weighted by atomic mass is 32.2. The van der Waals surface area contributed by atoms with Crippen LogP contribution in [0.25, 0.3) is 17.0 Å². The van der Waals surface area contributed by atoms with Crippen LogP contribution in [0.4, 0.5) is 5.69 Å². The molecule has 2 aliphatic rings. The summed E-state index contributed by atoms with van der Waals surface area (Å²) in [6.07, 6.45) is 6.85. The molecule has 2 heterocycles. The van der Waals surface area contributed by atoms with Crippen LogP contribution < -0.4 is 5.32 Å². The van der Waals surface area contributed by atoms with Gasteiger partial charge in [0.05, 0.1) is 4.91 Å². The van der Waals surface area contributed by atoms with Crippen LogP contribution in [0.15, 0.2) is 83.8 Å². The molecule has 6 rings (SSSR count). The smallest absolute Gasteiger partial charge is 0.262 e. The van der Waals surface area contributed by atoms with Crippen LogP contribution in [0, 0.1) is 19.8 Å². The quantitative estimate of drug-likeness (QED) is 0.253. The summed E-state index contributed by atoms with van der Waals surface area (Å²) in [7, 11) is 0. The number of amides is 1. The molecule has 1 saturated carbocycles. The maximum absolute atomic E-state index is 14.1. The van der Waals surface area contributed by atoms with Crippen molar-refractivity contribution in [3.63, 3.8) is 0 Å². The average molecular weight is 536 g/mol. The number of benzene rings is 3. The van der Waals surface area contributed by atoms with Crippen LogP contribution in [0.3, 0.4) is 0 Å². The molecule has 3 atom stereocenters. The lowest BCUT2D eigenvalue weighted by Gasteiger charge is -2.39. The van der Waals surface area contributed by atoms with E-state index in [0.717, 1.165) is 29.1 Å². The lowest BCUT2D eigenvalue weighted by molar-refractivity contribution is -0.129. The molecule has 3 aromatic carbocycles. The van der Waals surface area contributed by atoms with Crippen molar-refractivity contribution in [3.8, 4) is 0 Å². The third-order valence-corrected chi connectivity index (χ3v) is 9.52. The fourth-order valence-corrected chi connectivity index (χ4v) is 7.53. The number of aromatic nitrogens is 1. The molecule has 1 saturated heterocycles. The molecule has 39 heavy (non-hydrogen) atoms. The highest BCUT2D eigenvalue weighted by Gasteiger charge is 2.43. The molecule has 0 spiro atoms. The zero-order valence-corrected chi connectivity index (χ0v) is 23.9.